The van der Waals surface area contributed by atoms with Crippen LogP contribution in [0.2, 0.25) is 0 Å². The molecular weight excluding hydrogens is 464 g/mol. The zero-order chi connectivity index (χ0) is 23.8. The molecule has 0 spiro atoms. The summed E-state index contributed by atoms with van der Waals surface area (Å²) in [6.45, 7) is -0.457. The van der Waals surface area contributed by atoms with Crippen LogP contribution in [0.1, 0.15) is 15.9 Å². The van der Waals surface area contributed by atoms with Crippen molar-refractivity contribution >= 4 is 63.2 Å². The summed E-state index contributed by atoms with van der Waals surface area (Å²) in [4.78, 5) is 23.2. The number of nitrogens with zero attached hydrogens (tertiary/aromatic N) is 1. The van der Waals surface area contributed by atoms with Gasteiger partial charge in [0.25, 0.3) is 0 Å². The van der Waals surface area contributed by atoms with Crippen LogP contribution in [0.4, 0.5) is 13.2 Å². The first-order chi connectivity index (χ1) is 15.6. The van der Waals surface area contributed by atoms with Gasteiger partial charge in [-0.15, -0.1) is 13.2 Å². The van der Waals surface area contributed by atoms with Crippen molar-refractivity contribution in [1.82, 2.24) is 4.57 Å². The third-order valence-corrected chi connectivity index (χ3v) is 4.97. The molecule has 3 N–H and O–H groups in total. The zero-order valence-electron chi connectivity index (χ0n) is 16.9. The van der Waals surface area contributed by atoms with E-state index in [4.69, 9.17) is 15.6 Å². The number of alkyl halides is 3. The quantitative estimate of drug-likeness (QED) is 0.392. The van der Waals surface area contributed by atoms with Crippen LogP contribution < -0.4 is 15.2 Å². The minimum absolute atomic E-state index is 0. The number of hydrogen-bond acceptors (Lipinski definition) is 4. The van der Waals surface area contributed by atoms with Crippen LogP contribution >= 0.6 is 0 Å². The zero-order valence-corrected chi connectivity index (χ0v) is 16.9. The van der Waals surface area contributed by atoms with Crippen LogP contribution in [0.3, 0.4) is 0 Å². The number of nitrogens with two attached hydrogens (primary N) is 1. The molecule has 1 amide bonds. The van der Waals surface area contributed by atoms with E-state index in [1.54, 1.807) is 47.0 Å². The van der Waals surface area contributed by atoms with E-state index >= 15 is 0 Å². The first-order valence-corrected chi connectivity index (χ1v) is 9.67. The molecule has 3 aromatic carbocycles. The number of carbonyl (C=O) groups is 2. The van der Waals surface area contributed by atoms with Gasteiger partial charge < -0.3 is 24.9 Å². The van der Waals surface area contributed by atoms with Crippen molar-refractivity contribution in [2.45, 2.75) is 12.9 Å². The third-order valence-electron chi connectivity index (χ3n) is 4.97. The number of benzene rings is 3. The predicted molar refractivity (Wildman–Crippen MR) is 120 cm³/mol. The molecule has 1 heterocycles. The molecule has 11 heteroatoms. The van der Waals surface area contributed by atoms with E-state index in [0.29, 0.717) is 27.4 Å². The normalized spacial score (nSPS) is 11.3. The van der Waals surface area contributed by atoms with Gasteiger partial charge in [0.05, 0.1) is 16.4 Å². The van der Waals surface area contributed by atoms with E-state index in [9.17, 15) is 22.8 Å². The summed E-state index contributed by atoms with van der Waals surface area (Å²) in [7, 11) is 0. The molecule has 0 atom stereocenters. The number of aromatic nitrogens is 1. The number of amides is 1. The van der Waals surface area contributed by atoms with Gasteiger partial charge in [-0.2, -0.15) is 0 Å². The van der Waals surface area contributed by atoms with Crippen LogP contribution in [0, 0.1) is 0 Å². The van der Waals surface area contributed by atoms with Crippen LogP contribution in [-0.2, 0) is 11.3 Å². The average molecular weight is 482 g/mol. The van der Waals surface area contributed by atoms with Gasteiger partial charge in [-0.25, -0.2) is 4.79 Å². The number of carboxylic acids is 1. The predicted octanol–water partition coefficient (Wildman–Crippen LogP) is 3.66. The fourth-order valence-electron chi connectivity index (χ4n) is 3.81. The SMILES string of the molecule is NC(=O)c1cccc2c1c1c(OCC(=O)O)cccc1n2Cc1cccc(OC(F)(F)F)c1.[NaH]. The molecule has 34 heavy (non-hydrogen) atoms. The Morgan fingerprint density at radius 3 is 2.26 bits per heavy atom. The summed E-state index contributed by atoms with van der Waals surface area (Å²) in [6, 6.07) is 15.4. The fraction of sp³-hybridized carbons (Fsp3) is 0.130. The van der Waals surface area contributed by atoms with Gasteiger partial charge in [0.1, 0.15) is 11.5 Å². The van der Waals surface area contributed by atoms with Crippen LogP contribution in [0.5, 0.6) is 11.5 Å². The summed E-state index contributed by atoms with van der Waals surface area (Å²) in [5, 5.41) is 9.95. The molecule has 0 aliphatic heterocycles. The van der Waals surface area contributed by atoms with Crippen LogP contribution in [0.15, 0.2) is 60.7 Å². The van der Waals surface area contributed by atoms with Crippen LogP contribution in [-0.4, -0.2) is 64.1 Å². The standard InChI is InChI=1S/C23H17F3N2O5.Na.H/c24-23(25,26)33-14-5-1-4-13(10-14)11-28-16-7-2-6-15(22(27)31)20(16)21-17(28)8-3-9-18(21)32-12-19(29)30;;/h1-10H,11-12H2,(H2,27,31)(H,29,30);;. The summed E-state index contributed by atoms with van der Waals surface area (Å²) in [6.07, 6.45) is -4.82. The molecule has 7 nitrogen and oxygen atoms in total. The molecule has 0 aliphatic rings. The topological polar surface area (TPSA) is 104 Å². The van der Waals surface area contributed by atoms with Crippen molar-refractivity contribution < 1.29 is 37.3 Å². The molecule has 0 aliphatic carbocycles. The van der Waals surface area contributed by atoms with E-state index in [1.165, 1.54) is 18.2 Å². The monoisotopic (exact) mass is 482 g/mol. The second kappa shape index (κ2) is 9.96. The molecule has 4 aromatic rings. The van der Waals surface area contributed by atoms with Gasteiger partial charge in [-0.05, 0) is 42.0 Å². The van der Waals surface area contributed by atoms with E-state index in [0.717, 1.165) is 0 Å². The molecule has 4 rings (SSSR count). The minimum atomic E-state index is -4.82. The number of primary amides is 1. The Balaban J connectivity index is 0.00000324. The van der Waals surface area contributed by atoms with Crippen molar-refractivity contribution in [1.29, 1.82) is 0 Å². The summed E-state index contributed by atoms with van der Waals surface area (Å²) in [5.41, 5.74) is 7.46. The van der Waals surface area contributed by atoms with E-state index < -0.39 is 24.8 Å². The number of halogens is 3. The van der Waals surface area contributed by atoms with Gasteiger partial charge in [0.15, 0.2) is 6.61 Å². The first-order valence-electron chi connectivity index (χ1n) is 9.67. The van der Waals surface area contributed by atoms with Crippen molar-refractivity contribution in [3.8, 4) is 11.5 Å². The second-order valence-corrected chi connectivity index (χ2v) is 7.18. The van der Waals surface area contributed by atoms with Gasteiger partial charge >= 0.3 is 41.9 Å². The maximum atomic E-state index is 12.6. The maximum absolute atomic E-state index is 12.6. The number of rotatable bonds is 7. The second-order valence-electron chi connectivity index (χ2n) is 7.18. The van der Waals surface area contributed by atoms with Crippen molar-refractivity contribution in [3.63, 3.8) is 0 Å². The van der Waals surface area contributed by atoms with E-state index in [2.05, 4.69) is 4.74 Å². The Hall–Kier alpha value is -3.21. The Kier molecular flexibility index (Phi) is 7.44. The van der Waals surface area contributed by atoms with Crippen LogP contribution in [0.25, 0.3) is 21.8 Å². The Labute approximate surface area is 213 Å². The van der Waals surface area contributed by atoms with E-state index in [1.807, 2.05) is 0 Å². The van der Waals surface area contributed by atoms with Gasteiger partial charge in [-0.1, -0.05) is 24.3 Å². The average Bonchev–Trinajstić information content (AvgIpc) is 3.05. The third kappa shape index (κ3) is 5.30. The number of aliphatic carboxylic acids is 1. The van der Waals surface area contributed by atoms with Crippen molar-refractivity contribution in [3.05, 3.63) is 71.8 Å². The molecule has 172 valence electrons. The molecule has 0 bridgehead atoms. The van der Waals surface area contributed by atoms with Gasteiger partial charge in [0, 0.05) is 17.5 Å². The fourth-order valence-corrected chi connectivity index (χ4v) is 3.81. The van der Waals surface area contributed by atoms with Crippen molar-refractivity contribution in [2.75, 3.05) is 6.61 Å². The summed E-state index contributed by atoms with van der Waals surface area (Å²) < 4.78 is 49.2. The summed E-state index contributed by atoms with van der Waals surface area (Å²) >= 11 is 0. The first kappa shape index (κ1) is 25.4. The number of fused-ring (bicyclic) bond motifs is 3. The number of carbonyl (C=O) groups excluding carboxylic acids is 1. The van der Waals surface area contributed by atoms with E-state index in [-0.39, 0.29) is 53.2 Å². The molecule has 0 saturated heterocycles. The van der Waals surface area contributed by atoms with Gasteiger partial charge in [0.2, 0.25) is 5.91 Å². The molecule has 0 fully saturated rings. The number of ether oxygens (including phenoxy) is 2. The Bertz CT molecular complexity index is 1380. The number of carboxylic acid groups (broad SMARTS) is 1. The molecule has 0 saturated carbocycles. The van der Waals surface area contributed by atoms with Crippen molar-refractivity contribution in [2.24, 2.45) is 5.73 Å². The Morgan fingerprint density at radius 1 is 0.971 bits per heavy atom. The molecule has 0 radical (unpaired) electrons. The number of hydrogen-bond donors (Lipinski definition) is 2. The molecule has 0 unspecified atom stereocenters. The Morgan fingerprint density at radius 2 is 1.62 bits per heavy atom. The molecular formula is C23H18F3N2NaO5. The molecule has 1 aromatic heterocycles. The summed E-state index contributed by atoms with van der Waals surface area (Å²) in [5.74, 6) is -1.98. The van der Waals surface area contributed by atoms with Gasteiger partial charge in [-0.3, -0.25) is 4.79 Å².